The molecule has 0 spiro atoms. The van der Waals surface area contributed by atoms with Crippen molar-refractivity contribution in [2.24, 2.45) is 0 Å². The molecule has 1 amide bonds. The van der Waals surface area contributed by atoms with Crippen molar-refractivity contribution in [3.63, 3.8) is 0 Å². The largest absolute Gasteiger partial charge is 0.370 e. The standard InChI is InChI=1S/C17H22N6O2/c1-23(2)17-21-10-13(11-22-17)16(24)20-9-12-7-18-15(19-8-12)14-5-3-4-6-25-14/h7-8,10-11,14H,3-6,9H2,1-2H3,(H,20,24). The Balaban J connectivity index is 1.54. The van der Waals surface area contributed by atoms with Crippen molar-refractivity contribution < 1.29 is 9.53 Å². The third-order valence-electron chi connectivity index (χ3n) is 3.95. The SMILES string of the molecule is CN(C)c1ncc(C(=O)NCc2cnc(C3CCCCO3)nc2)cn1. The van der Waals surface area contributed by atoms with Crippen molar-refractivity contribution in [3.8, 4) is 0 Å². The van der Waals surface area contributed by atoms with Crippen LogP contribution in [0.15, 0.2) is 24.8 Å². The zero-order chi connectivity index (χ0) is 17.6. The van der Waals surface area contributed by atoms with Crippen LogP contribution in [-0.2, 0) is 11.3 Å². The van der Waals surface area contributed by atoms with E-state index in [2.05, 4.69) is 25.3 Å². The average molecular weight is 342 g/mol. The minimum absolute atomic E-state index is 0.00949. The first-order chi connectivity index (χ1) is 12.1. The molecule has 3 heterocycles. The van der Waals surface area contributed by atoms with Gasteiger partial charge in [0.2, 0.25) is 5.95 Å². The van der Waals surface area contributed by atoms with Crippen molar-refractivity contribution >= 4 is 11.9 Å². The predicted molar refractivity (Wildman–Crippen MR) is 92.1 cm³/mol. The molecule has 25 heavy (non-hydrogen) atoms. The van der Waals surface area contributed by atoms with Gasteiger partial charge in [0.05, 0.1) is 5.56 Å². The van der Waals surface area contributed by atoms with Crippen molar-refractivity contribution in [2.75, 3.05) is 25.6 Å². The summed E-state index contributed by atoms with van der Waals surface area (Å²) in [7, 11) is 3.69. The fourth-order valence-corrected chi connectivity index (χ4v) is 2.52. The Morgan fingerprint density at radius 2 is 1.88 bits per heavy atom. The van der Waals surface area contributed by atoms with Gasteiger partial charge in [-0.05, 0) is 19.3 Å². The second kappa shape index (κ2) is 7.98. The number of aromatic nitrogens is 4. The van der Waals surface area contributed by atoms with Gasteiger partial charge in [0.15, 0.2) is 5.82 Å². The van der Waals surface area contributed by atoms with Crippen molar-refractivity contribution in [1.82, 2.24) is 25.3 Å². The summed E-state index contributed by atoms with van der Waals surface area (Å²) in [4.78, 5) is 30.9. The topological polar surface area (TPSA) is 93.1 Å². The lowest BCUT2D eigenvalue weighted by molar-refractivity contribution is 0.00940. The monoisotopic (exact) mass is 342 g/mol. The number of amides is 1. The summed E-state index contributed by atoms with van der Waals surface area (Å²) in [5.41, 5.74) is 1.25. The van der Waals surface area contributed by atoms with Gasteiger partial charge < -0.3 is 15.0 Å². The van der Waals surface area contributed by atoms with Crippen LogP contribution < -0.4 is 10.2 Å². The van der Waals surface area contributed by atoms with Gasteiger partial charge in [-0.2, -0.15) is 0 Å². The molecule has 1 unspecified atom stereocenters. The fourth-order valence-electron chi connectivity index (χ4n) is 2.52. The molecule has 0 saturated carbocycles. The van der Waals surface area contributed by atoms with Crippen LogP contribution in [-0.4, -0.2) is 46.5 Å². The van der Waals surface area contributed by atoms with Crippen molar-refractivity contribution in [2.45, 2.75) is 31.9 Å². The van der Waals surface area contributed by atoms with Crippen LogP contribution in [0, 0.1) is 0 Å². The molecule has 0 radical (unpaired) electrons. The first-order valence-electron chi connectivity index (χ1n) is 8.33. The molecule has 1 saturated heterocycles. The number of hydrogen-bond donors (Lipinski definition) is 1. The maximum absolute atomic E-state index is 12.1. The number of nitrogens with zero attached hydrogens (tertiary/aromatic N) is 5. The summed E-state index contributed by atoms with van der Waals surface area (Å²) in [6.45, 7) is 1.11. The van der Waals surface area contributed by atoms with Crippen LogP contribution in [0.4, 0.5) is 5.95 Å². The zero-order valence-electron chi connectivity index (χ0n) is 14.5. The van der Waals surface area contributed by atoms with E-state index in [0.29, 0.717) is 23.9 Å². The Hall–Kier alpha value is -2.61. The van der Waals surface area contributed by atoms with Gasteiger partial charge in [0, 0.05) is 57.6 Å². The molecule has 1 aliphatic rings. The summed E-state index contributed by atoms with van der Waals surface area (Å²) in [6.07, 6.45) is 9.66. The van der Waals surface area contributed by atoms with E-state index in [1.807, 2.05) is 14.1 Å². The van der Waals surface area contributed by atoms with Gasteiger partial charge >= 0.3 is 0 Å². The molecule has 0 aliphatic carbocycles. The van der Waals surface area contributed by atoms with Gasteiger partial charge in [0.1, 0.15) is 6.10 Å². The number of carbonyl (C=O) groups is 1. The fraction of sp³-hybridized carbons (Fsp3) is 0.471. The van der Waals surface area contributed by atoms with Crippen LogP contribution in [0.2, 0.25) is 0 Å². The molecule has 1 N–H and O–H groups in total. The Morgan fingerprint density at radius 3 is 2.48 bits per heavy atom. The number of nitrogens with one attached hydrogen (secondary N) is 1. The molecule has 1 fully saturated rings. The zero-order valence-corrected chi connectivity index (χ0v) is 14.5. The molecular weight excluding hydrogens is 320 g/mol. The summed E-state index contributed by atoms with van der Waals surface area (Å²) < 4.78 is 5.67. The maximum atomic E-state index is 12.1. The quantitative estimate of drug-likeness (QED) is 0.880. The maximum Gasteiger partial charge on any atom is 0.254 e. The number of anilines is 1. The molecule has 8 nitrogen and oxygen atoms in total. The van der Waals surface area contributed by atoms with Crippen molar-refractivity contribution in [3.05, 3.63) is 41.7 Å². The highest BCUT2D eigenvalue weighted by Gasteiger charge is 2.18. The van der Waals surface area contributed by atoms with E-state index in [9.17, 15) is 4.79 Å². The highest BCUT2D eigenvalue weighted by atomic mass is 16.5. The van der Waals surface area contributed by atoms with Crippen LogP contribution in [0.1, 0.15) is 47.1 Å². The van der Waals surface area contributed by atoms with E-state index < -0.39 is 0 Å². The van der Waals surface area contributed by atoms with E-state index >= 15 is 0 Å². The third kappa shape index (κ3) is 4.48. The van der Waals surface area contributed by atoms with Gasteiger partial charge in [0.25, 0.3) is 5.91 Å². The minimum atomic E-state index is -0.231. The third-order valence-corrected chi connectivity index (χ3v) is 3.95. The molecule has 8 heteroatoms. The number of ether oxygens (including phenoxy) is 1. The average Bonchev–Trinajstić information content (AvgIpc) is 2.67. The van der Waals surface area contributed by atoms with Gasteiger partial charge in [-0.3, -0.25) is 4.79 Å². The van der Waals surface area contributed by atoms with Crippen molar-refractivity contribution in [1.29, 1.82) is 0 Å². The van der Waals surface area contributed by atoms with E-state index in [4.69, 9.17) is 4.74 Å². The lowest BCUT2D eigenvalue weighted by atomic mass is 10.1. The first kappa shape index (κ1) is 17.2. The van der Waals surface area contributed by atoms with Gasteiger partial charge in [-0.25, -0.2) is 19.9 Å². The normalized spacial score (nSPS) is 17.1. The Bertz CT molecular complexity index is 696. The van der Waals surface area contributed by atoms with Crippen LogP contribution >= 0.6 is 0 Å². The Labute approximate surface area is 146 Å². The molecule has 1 aliphatic heterocycles. The lowest BCUT2D eigenvalue weighted by Gasteiger charge is -2.21. The molecule has 3 rings (SSSR count). The number of hydrogen-bond acceptors (Lipinski definition) is 7. The minimum Gasteiger partial charge on any atom is -0.370 e. The lowest BCUT2D eigenvalue weighted by Crippen LogP contribution is -2.24. The van der Waals surface area contributed by atoms with Crippen LogP contribution in [0.3, 0.4) is 0 Å². The second-order valence-electron chi connectivity index (χ2n) is 6.15. The number of carbonyl (C=O) groups excluding carboxylic acids is 1. The van der Waals surface area contributed by atoms with E-state index in [1.54, 1.807) is 17.3 Å². The molecular formula is C17H22N6O2. The summed E-state index contributed by atoms with van der Waals surface area (Å²) in [5, 5.41) is 2.82. The highest BCUT2D eigenvalue weighted by Crippen LogP contribution is 2.24. The number of rotatable bonds is 5. The van der Waals surface area contributed by atoms with Gasteiger partial charge in [-0.15, -0.1) is 0 Å². The molecule has 0 aromatic carbocycles. The smallest absolute Gasteiger partial charge is 0.254 e. The Morgan fingerprint density at radius 1 is 1.16 bits per heavy atom. The molecule has 132 valence electrons. The van der Waals surface area contributed by atoms with Crippen LogP contribution in [0.5, 0.6) is 0 Å². The summed E-state index contributed by atoms with van der Waals surface area (Å²) in [5.74, 6) is 1.04. The highest BCUT2D eigenvalue weighted by molar-refractivity contribution is 5.93. The first-order valence-corrected chi connectivity index (χ1v) is 8.33. The van der Waals surface area contributed by atoms with E-state index in [0.717, 1.165) is 31.4 Å². The molecule has 2 aromatic rings. The second-order valence-corrected chi connectivity index (χ2v) is 6.15. The van der Waals surface area contributed by atoms with Crippen LogP contribution in [0.25, 0.3) is 0 Å². The predicted octanol–water partition coefficient (Wildman–Crippen LogP) is 1.50. The van der Waals surface area contributed by atoms with Gasteiger partial charge in [-0.1, -0.05) is 0 Å². The summed E-state index contributed by atoms with van der Waals surface area (Å²) in [6, 6.07) is 0. The Kier molecular flexibility index (Phi) is 5.49. The molecule has 2 aromatic heterocycles. The van der Waals surface area contributed by atoms with E-state index in [1.165, 1.54) is 12.4 Å². The summed E-state index contributed by atoms with van der Waals surface area (Å²) >= 11 is 0. The molecule has 1 atom stereocenters. The molecule has 0 bridgehead atoms. The van der Waals surface area contributed by atoms with E-state index in [-0.39, 0.29) is 12.0 Å².